The van der Waals surface area contributed by atoms with E-state index in [0.29, 0.717) is 38.8 Å². The first-order chi connectivity index (χ1) is 9.41. The summed E-state index contributed by atoms with van der Waals surface area (Å²) < 4.78 is 0. The van der Waals surface area contributed by atoms with E-state index in [1.165, 1.54) is 0 Å². The molecule has 2 rings (SSSR count). The van der Waals surface area contributed by atoms with E-state index >= 15 is 0 Å². The quantitative estimate of drug-likeness (QED) is 0.305. The van der Waals surface area contributed by atoms with E-state index in [2.05, 4.69) is 5.16 Å². The largest absolute Gasteiger partial charge is 0.409 e. The Bertz CT molecular complexity index is 390. The van der Waals surface area contributed by atoms with Crippen molar-refractivity contribution < 1.29 is 15.1 Å². The highest BCUT2D eigenvalue weighted by molar-refractivity contribution is 6.06. The predicted molar refractivity (Wildman–Crippen MR) is 75.4 cm³/mol. The lowest BCUT2D eigenvalue weighted by atomic mass is 9.71. The molecule has 0 aromatic heterocycles. The van der Waals surface area contributed by atoms with Crippen LogP contribution >= 0.6 is 0 Å². The van der Waals surface area contributed by atoms with Gasteiger partial charge in [0.05, 0.1) is 5.60 Å². The third-order valence-corrected chi connectivity index (χ3v) is 4.84. The molecule has 0 aromatic rings. The molecule has 2 aliphatic rings. The van der Waals surface area contributed by atoms with E-state index in [1.807, 2.05) is 0 Å². The Hall–Kier alpha value is -1.30. The maximum absolute atomic E-state index is 12.9. The van der Waals surface area contributed by atoms with Gasteiger partial charge in [-0.15, -0.1) is 0 Å². The van der Waals surface area contributed by atoms with Crippen molar-refractivity contribution in [2.75, 3.05) is 13.1 Å². The van der Waals surface area contributed by atoms with Crippen LogP contribution in [0, 0.1) is 5.41 Å². The Morgan fingerprint density at radius 3 is 2.20 bits per heavy atom. The van der Waals surface area contributed by atoms with Crippen LogP contribution in [-0.4, -0.2) is 45.6 Å². The van der Waals surface area contributed by atoms with Gasteiger partial charge in [0.15, 0.2) is 5.84 Å². The zero-order chi connectivity index (χ0) is 14.8. The molecule has 1 aliphatic heterocycles. The highest BCUT2D eigenvalue weighted by atomic mass is 16.4. The van der Waals surface area contributed by atoms with Gasteiger partial charge in [-0.1, -0.05) is 24.4 Å². The summed E-state index contributed by atoms with van der Waals surface area (Å²) in [6.07, 6.45) is 5.38. The second-order valence-electron chi connectivity index (χ2n) is 6.42. The topological polar surface area (TPSA) is 99.2 Å². The van der Waals surface area contributed by atoms with Gasteiger partial charge in [0.1, 0.15) is 5.41 Å². The third-order valence-electron chi connectivity index (χ3n) is 4.84. The van der Waals surface area contributed by atoms with Crippen molar-refractivity contribution in [1.29, 1.82) is 0 Å². The number of nitrogens with two attached hydrogens (primary N) is 1. The average Bonchev–Trinajstić information content (AvgIpc) is 2.46. The molecule has 2 fully saturated rings. The van der Waals surface area contributed by atoms with Crippen molar-refractivity contribution in [1.82, 2.24) is 4.90 Å². The summed E-state index contributed by atoms with van der Waals surface area (Å²) in [5, 5.41) is 22.1. The number of piperidine rings is 1. The number of likely N-dealkylation sites (tertiary alicyclic amines) is 1. The Balaban J connectivity index is 2.16. The lowest BCUT2D eigenvalue weighted by Crippen LogP contribution is -2.55. The van der Waals surface area contributed by atoms with Gasteiger partial charge in [-0.05, 0) is 32.6 Å². The molecule has 6 heteroatoms. The first-order valence-electron chi connectivity index (χ1n) is 7.41. The number of oxime groups is 1. The lowest BCUT2D eigenvalue weighted by molar-refractivity contribution is -0.143. The summed E-state index contributed by atoms with van der Waals surface area (Å²) in [7, 11) is 0. The fraction of sp³-hybridized carbons (Fsp3) is 0.857. The molecule has 0 unspecified atom stereocenters. The number of nitrogens with zero attached hydrogens (tertiary/aromatic N) is 2. The van der Waals surface area contributed by atoms with Crippen LogP contribution in [0.2, 0.25) is 0 Å². The van der Waals surface area contributed by atoms with Crippen molar-refractivity contribution in [3.05, 3.63) is 0 Å². The molecule has 20 heavy (non-hydrogen) atoms. The minimum atomic E-state index is -0.837. The van der Waals surface area contributed by atoms with Crippen LogP contribution in [-0.2, 0) is 4.79 Å². The number of aliphatic hydroxyl groups is 1. The van der Waals surface area contributed by atoms with E-state index < -0.39 is 11.0 Å². The lowest BCUT2D eigenvalue weighted by Gasteiger charge is -2.42. The molecule has 114 valence electrons. The Morgan fingerprint density at radius 1 is 1.15 bits per heavy atom. The maximum Gasteiger partial charge on any atom is 0.236 e. The molecule has 1 aliphatic carbocycles. The summed E-state index contributed by atoms with van der Waals surface area (Å²) in [5.41, 5.74) is 4.32. The zero-order valence-electron chi connectivity index (χ0n) is 12.1. The van der Waals surface area contributed by atoms with Crippen molar-refractivity contribution >= 4 is 11.7 Å². The average molecular weight is 283 g/mol. The fourth-order valence-electron chi connectivity index (χ4n) is 3.32. The minimum absolute atomic E-state index is 0.0389. The number of carbonyl (C=O) groups excluding carboxylic acids is 1. The normalized spacial score (nSPS) is 26.3. The van der Waals surface area contributed by atoms with E-state index in [9.17, 15) is 9.90 Å². The van der Waals surface area contributed by atoms with E-state index in [0.717, 1.165) is 19.3 Å². The van der Waals surface area contributed by atoms with Gasteiger partial charge in [-0.2, -0.15) is 0 Å². The predicted octanol–water partition coefficient (Wildman–Crippen LogP) is 1.06. The number of hydrogen-bond acceptors (Lipinski definition) is 4. The van der Waals surface area contributed by atoms with Gasteiger partial charge in [0.2, 0.25) is 5.91 Å². The maximum atomic E-state index is 12.9. The molecule has 0 bridgehead atoms. The number of rotatable bonds is 2. The minimum Gasteiger partial charge on any atom is -0.409 e. The van der Waals surface area contributed by atoms with Crippen molar-refractivity contribution in [2.45, 2.75) is 57.5 Å². The molecule has 1 heterocycles. The molecule has 0 atom stereocenters. The Labute approximate surface area is 119 Å². The van der Waals surface area contributed by atoms with Gasteiger partial charge in [0, 0.05) is 13.1 Å². The van der Waals surface area contributed by atoms with Crippen LogP contribution in [0.15, 0.2) is 5.16 Å². The summed E-state index contributed by atoms with van der Waals surface area (Å²) >= 11 is 0. The number of amides is 1. The van der Waals surface area contributed by atoms with Crippen LogP contribution in [0.25, 0.3) is 0 Å². The van der Waals surface area contributed by atoms with Gasteiger partial charge >= 0.3 is 0 Å². The fourth-order valence-corrected chi connectivity index (χ4v) is 3.32. The van der Waals surface area contributed by atoms with Gasteiger partial charge in [-0.3, -0.25) is 4.79 Å². The van der Waals surface area contributed by atoms with Crippen LogP contribution < -0.4 is 5.73 Å². The molecule has 1 saturated heterocycles. The first-order valence-corrected chi connectivity index (χ1v) is 7.41. The monoisotopic (exact) mass is 283 g/mol. The van der Waals surface area contributed by atoms with Crippen molar-refractivity contribution in [3.63, 3.8) is 0 Å². The highest BCUT2D eigenvalue weighted by Gasteiger charge is 2.47. The van der Waals surface area contributed by atoms with E-state index in [4.69, 9.17) is 10.9 Å². The molecule has 4 N–H and O–H groups in total. The summed E-state index contributed by atoms with van der Waals surface area (Å²) in [6.45, 7) is 2.87. The molecule has 1 amide bonds. The Kier molecular flexibility index (Phi) is 4.22. The number of amidine groups is 1. The second kappa shape index (κ2) is 5.60. The van der Waals surface area contributed by atoms with Crippen LogP contribution in [0.5, 0.6) is 0 Å². The smallest absolute Gasteiger partial charge is 0.236 e. The van der Waals surface area contributed by atoms with Crippen LogP contribution in [0.3, 0.4) is 0 Å². The van der Waals surface area contributed by atoms with Crippen molar-refractivity contribution in [2.24, 2.45) is 16.3 Å². The Morgan fingerprint density at radius 2 is 1.70 bits per heavy atom. The number of hydrogen-bond donors (Lipinski definition) is 3. The van der Waals surface area contributed by atoms with Gasteiger partial charge in [-0.25, -0.2) is 0 Å². The molecular weight excluding hydrogens is 258 g/mol. The van der Waals surface area contributed by atoms with Crippen molar-refractivity contribution in [3.8, 4) is 0 Å². The number of carbonyl (C=O) groups is 1. The summed E-state index contributed by atoms with van der Waals surface area (Å²) in [6, 6.07) is 0. The molecule has 1 saturated carbocycles. The molecule has 0 spiro atoms. The standard InChI is InChI=1S/C14H25N3O3/c1-13(19)7-9-17(10-8-13)12(18)14(11(15)16-20)5-3-2-4-6-14/h19-20H,2-10H2,1H3,(H2,15,16). The van der Waals surface area contributed by atoms with E-state index in [1.54, 1.807) is 11.8 Å². The molecule has 6 nitrogen and oxygen atoms in total. The molecule has 0 aromatic carbocycles. The van der Waals surface area contributed by atoms with Gasteiger partial charge < -0.3 is 20.9 Å². The summed E-state index contributed by atoms with van der Waals surface area (Å²) in [5.74, 6) is 0.00235. The molecular formula is C14H25N3O3. The van der Waals surface area contributed by atoms with Gasteiger partial charge in [0.25, 0.3) is 0 Å². The summed E-state index contributed by atoms with van der Waals surface area (Å²) in [4.78, 5) is 14.6. The second-order valence-corrected chi connectivity index (χ2v) is 6.42. The highest BCUT2D eigenvalue weighted by Crippen LogP contribution is 2.39. The van der Waals surface area contributed by atoms with Crippen LogP contribution in [0.1, 0.15) is 51.9 Å². The first kappa shape index (κ1) is 15.1. The molecule has 0 radical (unpaired) electrons. The zero-order valence-corrected chi connectivity index (χ0v) is 12.1. The van der Waals surface area contributed by atoms with E-state index in [-0.39, 0.29) is 11.7 Å². The SMILES string of the molecule is CC1(O)CCN(C(=O)C2(C(N)=NO)CCCCC2)CC1. The third kappa shape index (κ3) is 2.75. The van der Waals surface area contributed by atoms with Crippen LogP contribution in [0.4, 0.5) is 0 Å².